The molecule has 1 saturated heterocycles. The summed E-state index contributed by atoms with van der Waals surface area (Å²) in [5.41, 5.74) is 0. The zero-order chi connectivity index (χ0) is 9.26. The summed E-state index contributed by atoms with van der Waals surface area (Å²) in [7, 11) is 0. The summed E-state index contributed by atoms with van der Waals surface area (Å²) < 4.78 is 5.30. The molecule has 1 heterocycles. The first-order valence-electron chi connectivity index (χ1n) is 5.53. The van der Waals surface area contributed by atoms with Gasteiger partial charge in [-0.2, -0.15) is 0 Å². The quantitative estimate of drug-likeness (QED) is 0.725. The van der Waals surface area contributed by atoms with E-state index < -0.39 is 0 Å². The summed E-state index contributed by atoms with van der Waals surface area (Å²) in [4.78, 5) is 0. The van der Waals surface area contributed by atoms with Crippen molar-refractivity contribution >= 4 is 0 Å². The van der Waals surface area contributed by atoms with Gasteiger partial charge in [-0.15, -0.1) is 0 Å². The van der Waals surface area contributed by atoms with Crippen molar-refractivity contribution in [2.75, 3.05) is 13.2 Å². The molecule has 0 aromatic heterocycles. The van der Waals surface area contributed by atoms with E-state index in [0.717, 1.165) is 44.3 Å². The van der Waals surface area contributed by atoms with Crippen molar-refractivity contribution in [1.82, 2.24) is 0 Å². The first-order chi connectivity index (χ1) is 6.27. The summed E-state index contributed by atoms with van der Waals surface area (Å²) >= 11 is 0. The highest BCUT2D eigenvalue weighted by atomic mass is 16.5. The Balaban J connectivity index is 1.70. The number of aliphatic hydroxyl groups is 1. The van der Waals surface area contributed by atoms with Crippen LogP contribution in [0.4, 0.5) is 0 Å². The van der Waals surface area contributed by atoms with Crippen molar-refractivity contribution in [2.45, 2.75) is 38.7 Å². The van der Waals surface area contributed by atoms with Gasteiger partial charge in [-0.1, -0.05) is 6.92 Å². The average molecular weight is 184 g/mol. The molecule has 2 aliphatic rings. The minimum Gasteiger partial charge on any atom is -0.393 e. The fraction of sp³-hybridized carbons (Fsp3) is 1.00. The summed E-state index contributed by atoms with van der Waals surface area (Å²) in [6, 6.07) is 0. The van der Waals surface area contributed by atoms with E-state index in [1.54, 1.807) is 0 Å². The number of rotatable bonds is 3. The van der Waals surface area contributed by atoms with Gasteiger partial charge < -0.3 is 9.84 Å². The van der Waals surface area contributed by atoms with Crippen LogP contribution in [0.1, 0.15) is 32.6 Å². The van der Waals surface area contributed by atoms with Gasteiger partial charge in [-0.25, -0.2) is 0 Å². The van der Waals surface area contributed by atoms with Crippen LogP contribution in [0.15, 0.2) is 0 Å². The lowest BCUT2D eigenvalue weighted by Crippen LogP contribution is -2.22. The van der Waals surface area contributed by atoms with Crippen molar-refractivity contribution in [2.24, 2.45) is 17.8 Å². The predicted octanol–water partition coefficient (Wildman–Crippen LogP) is 1.82. The fourth-order valence-corrected chi connectivity index (χ4v) is 2.39. The van der Waals surface area contributed by atoms with Gasteiger partial charge in [0.1, 0.15) is 0 Å². The molecule has 1 aliphatic carbocycles. The smallest absolute Gasteiger partial charge is 0.0573 e. The molecule has 0 aromatic rings. The van der Waals surface area contributed by atoms with Crippen LogP contribution in [0.25, 0.3) is 0 Å². The zero-order valence-electron chi connectivity index (χ0n) is 8.41. The van der Waals surface area contributed by atoms with E-state index in [1.165, 1.54) is 6.42 Å². The van der Waals surface area contributed by atoms with Crippen LogP contribution in [-0.2, 0) is 4.74 Å². The Morgan fingerprint density at radius 1 is 1.38 bits per heavy atom. The van der Waals surface area contributed by atoms with Crippen LogP contribution in [0.2, 0.25) is 0 Å². The topological polar surface area (TPSA) is 29.5 Å². The Hall–Kier alpha value is -0.0800. The van der Waals surface area contributed by atoms with Crippen molar-refractivity contribution in [3.63, 3.8) is 0 Å². The van der Waals surface area contributed by atoms with Crippen LogP contribution in [-0.4, -0.2) is 24.4 Å². The lowest BCUT2D eigenvalue weighted by atomic mass is 9.92. The number of ether oxygens (including phenoxy) is 1. The molecule has 1 saturated carbocycles. The Labute approximate surface area is 80.3 Å². The van der Waals surface area contributed by atoms with E-state index in [0.29, 0.717) is 5.92 Å². The van der Waals surface area contributed by atoms with Crippen LogP contribution in [0, 0.1) is 17.8 Å². The Morgan fingerprint density at radius 3 is 2.54 bits per heavy atom. The molecule has 3 atom stereocenters. The molecular weight excluding hydrogens is 164 g/mol. The lowest BCUT2D eigenvalue weighted by molar-refractivity contribution is 0.0379. The standard InChI is InChI=1S/C11H20O2/c1-8-6-10(8)11(12)7-9-2-4-13-5-3-9/h8-12H,2-7H2,1H3. The van der Waals surface area contributed by atoms with Crippen LogP contribution in [0.3, 0.4) is 0 Å². The van der Waals surface area contributed by atoms with Crippen molar-refractivity contribution in [1.29, 1.82) is 0 Å². The van der Waals surface area contributed by atoms with E-state index in [2.05, 4.69) is 6.92 Å². The third-order valence-corrected chi connectivity index (χ3v) is 3.58. The molecular formula is C11H20O2. The minimum absolute atomic E-state index is 0.0295. The van der Waals surface area contributed by atoms with Gasteiger partial charge in [-0.3, -0.25) is 0 Å². The highest BCUT2D eigenvalue weighted by Crippen LogP contribution is 2.42. The molecule has 1 aliphatic heterocycles. The van der Waals surface area contributed by atoms with Crippen molar-refractivity contribution in [3.8, 4) is 0 Å². The maximum atomic E-state index is 9.87. The molecule has 0 bridgehead atoms. The van der Waals surface area contributed by atoms with Crippen LogP contribution < -0.4 is 0 Å². The normalized spacial score (nSPS) is 37.4. The molecule has 3 unspecified atom stereocenters. The third kappa shape index (κ3) is 2.44. The summed E-state index contributed by atoms with van der Waals surface area (Å²) in [6.07, 6.45) is 4.53. The van der Waals surface area contributed by atoms with Gasteiger partial charge in [0.05, 0.1) is 6.10 Å². The van der Waals surface area contributed by atoms with Gasteiger partial charge in [0.15, 0.2) is 0 Å². The van der Waals surface area contributed by atoms with Crippen molar-refractivity contribution < 1.29 is 9.84 Å². The number of aliphatic hydroxyl groups excluding tert-OH is 1. The zero-order valence-corrected chi connectivity index (χ0v) is 8.41. The van der Waals surface area contributed by atoms with Gasteiger partial charge in [0, 0.05) is 13.2 Å². The monoisotopic (exact) mass is 184 g/mol. The maximum absolute atomic E-state index is 9.87. The van der Waals surface area contributed by atoms with Gasteiger partial charge in [0.25, 0.3) is 0 Å². The molecule has 76 valence electrons. The Kier molecular flexibility index (Phi) is 2.89. The minimum atomic E-state index is -0.0295. The molecule has 2 nitrogen and oxygen atoms in total. The Morgan fingerprint density at radius 2 is 2.00 bits per heavy atom. The van der Waals surface area contributed by atoms with E-state index in [9.17, 15) is 5.11 Å². The molecule has 0 amide bonds. The lowest BCUT2D eigenvalue weighted by Gasteiger charge is -2.24. The molecule has 2 fully saturated rings. The Bertz CT molecular complexity index is 163. The molecule has 0 aromatic carbocycles. The molecule has 2 rings (SSSR count). The second kappa shape index (κ2) is 3.97. The number of hydrogen-bond acceptors (Lipinski definition) is 2. The first kappa shape index (κ1) is 9.47. The van der Waals surface area contributed by atoms with E-state index >= 15 is 0 Å². The third-order valence-electron chi connectivity index (χ3n) is 3.58. The van der Waals surface area contributed by atoms with Gasteiger partial charge in [0.2, 0.25) is 0 Å². The summed E-state index contributed by atoms with van der Waals surface area (Å²) in [5, 5.41) is 9.87. The average Bonchev–Trinajstić information content (AvgIpc) is 2.84. The second-order valence-electron chi connectivity index (χ2n) is 4.74. The summed E-state index contributed by atoms with van der Waals surface area (Å²) in [5.74, 6) is 2.11. The van der Waals surface area contributed by atoms with E-state index in [1.807, 2.05) is 0 Å². The molecule has 0 spiro atoms. The largest absolute Gasteiger partial charge is 0.393 e. The van der Waals surface area contributed by atoms with E-state index in [-0.39, 0.29) is 6.10 Å². The molecule has 1 N–H and O–H groups in total. The fourth-order valence-electron chi connectivity index (χ4n) is 2.39. The predicted molar refractivity (Wildman–Crippen MR) is 51.4 cm³/mol. The second-order valence-corrected chi connectivity index (χ2v) is 4.74. The highest BCUT2D eigenvalue weighted by Gasteiger charge is 2.39. The highest BCUT2D eigenvalue weighted by molar-refractivity contribution is 4.89. The molecule has 13 heavy (non-hydrogen) atoms. The first-order valence-corrected chi connectivity index (χ1v) is 5.53. The van der Waals surface area contributed by atoms with E-state index in [4.69, 9.17) is 4.74 Å². The number of hydrogen-bond donors (Lipinski definition) is 1. The SMILES string of the molecule is CC1CC1C(O)CC1CCOCC1. The molecule has 2 heteroatoms. The van der Waals surface area contributed by atoms with Gasteiger partial charge in [-0.05, 0) is 43.4 Å². The maximum Gasteiger partial charge on any atom is 0.0573 e. The molecule has 0 radical (unpaired) electrons. The van der Waals surface area contributed by atoms with Crippen LogP contribution >= 0.6 is 0 Å². The van der Waals surface area contributed by atoms with Crippen molar-refractivity contribution in [3.05, 3.63) is 0 Å². The van der Waals surface area contributed by atoms with Gasteiger partial charge >= 0.3 is 0 Å². The summed E-state index contributed by atoms with van der Waals surface area (Å²) in [6.45, 7) is 4.03. The van der Waals surface area contributed by atoms with Crippen LogP contribution in [0.5, 0.6) is 0 Å².